The van der Waals surface area contributed by atoms with Crippen molar-refractivity contribution in [3.63, 3.8) is 0 Å². The van der Waals surface area contributed by atoms with Gasteiger partial charge in [0.25, 0.3) is 0 Å². The first-order chi connectivity index (χ1) is 11.3. The summed E-state index contributed by atoms with van der Waals surface area (Å²) in [7, 11) is -1.94. The van der Waals surface area contributed by atoms with Crippen molar-refractivity contribution >= 4 is 51.5 Å². The van der Waals surface area contributed by atoms with E-state index < -0.39 is 10.0 Å². The van der Waals surface area contributed by atoms with E-state index in [1.165, 1.54) is 12.1 Å². The van der Waals surface area contributed by atoms with Gasteiger partial charge in [-0.3, -0.25) is 4.79 Å². The van der Waals surface area contributed by atoms with E-state index in [9.17, 15) is 13.2 Å². The smallest absolute Gasteiger partial charge is 0.243 e. The van der Waals surface area contributed by atoms with Crippen molar-refractivity contribution in [2.24, 2.45) is 0 Å². The van der Waals surface area contributed by atoms with Crippen LogP contribution in [0.15, 0.2) is 23.1 Å². The number of nitrogens with zero attached hydrogens (tertiary/aromatic N) is 1. The van der Waals surface area contributed by atoms with Gasteiger partial charge in [0.1, 0.15) is 4.90 Å². The summed E-state index contributed by atoms with van der Waals surface area (Å²) in [5.74, 6) is -0.0579. The van der Waals surface area contributed by atoms with Crippen molar-refractivity contribution in [2.75, 3.05) is 26.7 Å². The van der Waals surface area contributed by atoms with Crippen LogP contribution in [0.25, 0.3) is 0 Å². The van der Waals surface area contributed by atoms with Gasteiger partial charge in [-0.15, -0.1) is 12.4 Å². The summed E-state index contributed by atoms with van der Waals surface area (Å²) < 4.78 is 27.0. The van der Waals surface area contributed by atoms with Crippen molar-refractivity contribution in [2.45, 2.75) is 30.2 Å². The summed E-state index contributed by atoms with van der Waals surface area (Å²) in [6.45, 7) is 1.38. The first kappa shape index (κ1) is 22.5. The second kappa shape index (κ2) is 9.94. The molecule has 0 atom stereocenters. The van der Waals surface area contributed by atoms with E-state index in [0.29, 0.717) is 19.1 Å². The van der Waals surface area contributed by atoms with E-state index >= 15 is 0 Å². The minimum atomic E-state index is -3.86. The van der Waals surface area contributed by atoms with Gasteiger partial charge in [-0.05, 0) is 32.0 Å². The molecule has 0 spiro atoms. The summed E-state index contributed by atoms with van der Waals surface area (Å²) in [6.07, 6.45) is 1.91. The van der Waals surface area contributed by atoms with Gasteiger partial charge in [0.2, 0.25) is 15.9 Å². The molecular formula is C15H22Cl3N3O3S. The average Bonchev–Trinajstić information content (AvgIpc) is 2.54. The lowest BCUT2D eigenvalue weighted by Crippen LogP contribution is -2.44. The second-order valence-electron chi connectivity index (χ2n) is 5.64. The summed E-state index contributed by atoms with van der Waals surface area (Å²) >= 11 is 11.8. The third-order valence-electron chi connectivity index (χ3n) is 4.07. The molecule has 1 aromatic rings. The van der Waals surface area contributed by atoms with Crippen molar-refractivity contribution < 1.29 is 13.2 Å². The van der Waals surface area contributed by atoms with E-state index in [-0.39, 0.29) is 46.2 Å². The van der Waals surface area contributed by atoms with Gasteiger partial charge >= 0.3 is 0 Å². The number of sulfonamides is 1. The van der Waals surface area contributed by atoms with Crippen molar-refractivity contribution in [3.05, 3.63) is 28.2 Å². The predicted molar refractivity (Wildman–Crippen MR) is 102 cm³/mol. The van der Waals surface area contributed by atoms with Crippen LogP contribution in [0.4, 0.5) is 0 Å². The van der Waals surface area contributed by atoms with Crippen LogP contribution in [-0.2, 0) is 14.8 Å². The molecule has 25 heavy (non-hydrogen) atoms. The van der Waals surface area contributed by atoms with Gasteiger partial charge in [0, 0.05) is 32.1 Å². The zero-order chi connectivity index (χ0) is 17.7. The molecule has 1 fully saturated rings. The summed E-state index contributed by atoms with van der Waals surface area (Å²) in [5.41, 5.74) is 0. The van der Waals surface area contributed by atoms with Gasteiger partial charge in [0.05, 0.1) is 10.0 Å². The Morgan fingerprint density at radius 2 is 1.80 bits per heavy atom. The van der Waals surface area contributed by atoms with Gasteiger partial charge in [-0.2, -0.15) is 0 Å². The number of hydrogen-bond donors (Lipinski definition) is 2. The number of likely N-dealkylation sites (tertiary alicyclic amines) is 1. The molecule has 1 saturated heterocycles. The Balaban J connectivity index is 0.00000312. The minimum Gasteiger partial charge on any atom is -0.343 e. The number of rotatable bonds is 6. The Kier molecular flexibility index (Phi) is 8.94. The van der Waals surface area contributed by atoms with E-state index in [4.69, 9.17) is 23.2 Å². The lowest BCUT2D eigenvalue weighted by molar-refractivity contribution is -0.132. The van der Waals surface area contributed by atoms with E-state index in [1.54, 1.807) is 11.0 Å². The molecule has 1 amide bonds. The summed E-state index contributed by atoms with van der Waals surface area (Å²) in [4.78, 5) is 13.8. The summed E-state index contributed by atoms with van der Waals surface area (Å²) in [6, 6.07) is 4.93. The maximum Gasteiger partial charge on any atom is 0.243 e. The number of halogens is 3. The normalized spacial score (nSPS) is 15.7. The first-order valence-corrected chi connectivity index (χ1v) is 9.98. The number of piperidine rings is 1. The zero-order valence-electron chi connectivity index (χ0n) is 13.8. The van der Waals surface area contributed by atoms with Crippen LogP contribution in [0, 0.1) is 0 Å². The third-order valence-corrected chi connectivity index (χ3v) is 6.49. The number of nitrogens with one attached hydrogen (secondary N) is 2. The number of hydrogen-bond acceptors (Lipinski definition) is 4. The second-order valence-corrected chi connectivity index (χ2v) is 8.16. The molecule has 10 heteroatoms. The number of benzene rings is 1. The molecule has 0 saturated carbocycles. The fourth-order valence-corrected chi connectivity index (χ4v) is 4.85. The van der Waals surface area contributed by atoms with Crippen molar-refractivity contribution in [3.8, 4) is 0 Å². The minimum absolute atomic E-state index is 0. The van der Waals surface area contributed by atoms with E-state index in [0.717, 1.165) is 12.8 Å². The highest BCUT2D eigenvalue weighted by Gasteiger charge is 2.24. The standard InChI is InChI=1S/C15H21Cl2N3O3S.ClH/c1-18-11-6-9-20(10-7-11)14(21)5-8-19-24(22,23)15-12(16)3-2-4-13(15)17;/h2-4,11,18-19H,5-10H2,1H3;1H. The largest absolute Gasteiger partial charge is 0.343 e. The fourth-order valence-electron chi connectivity index (χ4n) is 2.68. The predicted octanol–water partition coefficient (Wildman–Crippen LogP) is 2.29. The Morgan fingerprint density at radius 1 is 1.24 bits per heavy atom. The maximum atomic E-state index is 12.3. The van der Waals surface area contributed by atoms with E-state index in [1.807, 2.05) is 7.05 Å². The molecule has 1 heterocycles. The van der Waals surface area contributed by atoms with Crippen molar-refractivity contribution in [1.82, 2.24) is 14.9 Å². The Hall–Kier alpha value is -0.570. The molecule has 0 radical (unpaired) electrons. The Morgan fingerprint density at radius 3 is 2.32 bits per heavy atom. The molecule has 0 bridgehead atoms. The number of amides is 1. The molecule has 2 rings (SSSR count). The zero-order valence-corrected chi connectivity index (χ0v) is 16.9. The van der Waals surface area contributed by atoms with Gasteiger partial charge < -0.3 is 10.2 Å². The highest BCUT2D eigenvalue weighted by Crippen LogP contribution is 2.28. The van der Waals surface area contributed by atoms with E-state index in [2.05, 4.69) is 10.0 Å². The molecule has 0 aliphatic carbocycles. The SMILES string of the molecule is CNC1CCN(C(=O)CCNS(=O)(=O)c2c(Cl)cccc2Cl)CC1.Cl. The molecule has 0 aromatic heterocycles. The lowest BCUT2D eigenvalue weighted by Gasteiger charge is -2.31. The Bertz CT molecular complexity index is 672. The number of carbonyl (C=O) groups excluding carboxylic acids is 1. The van der Waals surface area contributed by atoms with Crippen LogP contribution < -0.4 is 10.0 Å². The van der Waals surface area contributed by atoms with Crippen LogP contribution in [0.2, 0.25) is 10.0 Å². The van der Waals surface area contributed by atoms with Gasteiger partial charge in [-0.25, -0.2) is 13.1 Å². The summed E-state index contributed by atoms with van der Waals surface area (Å²) in [5, 5.41) is 3.30. The van der Waals surface area contributed by atoms with Crippen LogP contribution in [-0.4, -0.2) is 51.9 Å². The fraction of sp³-hybridized carbons (Fsp3) is 0.533. The van der Waals surface area contributed by atoms with Crippen LogP contribution in [0.5, 0.6) is 0 Å². The highest BCUT2D eigenvalue weighted by molar-refractivity contribution is 7.89. The van der Waals surface area contributed by atoms with Crippen LogP contribution in [0.1, 0.15) is 19.3 Å². The molecule has 1 aromatic carbocycles. The molecule has 1 aliphatic rings. The lowest BCUT2D eigenvalue weighted by atomic mass is 10.1. The number of carbonyl (C=O) groups is 1. The molecular weight excluding hydrogens is 409 g/mol. The molecule has 2 N–H and O–H groups in total. The molecule has 0 unspecified atom stereocenters. The molecule has 1 aliphatic heterocycles. The van der Waals surface area contributed by atoms with Crippen molar-refractivity contribution in [1.29, 1.82) is 0 Å². The topological polar surface area (TPSA) is 78.5 Å². The van der Waals surface area contributed by atoms with Crippen LogP contribution in [0.3, 0.4) is 0 Å². The monoisotopic (exact) mass is 429 g/mol. The average molecular weight is 431 g/mol. The van der Waals surface area contributed by atoms with Gasteiger partial charge in [-0.1, -0.05) is 29.3 Å². The van der Waals surface area contributed by atoms with Gasteiger partial charge in [0.15, 0.2) is 0 Å². The maximum absolute atomic E-state index is 12.3. The molecule has 6 nitrogen and oxygen atoms in total. The Labute approximate surface area is 164 Å². The highest BCUT2D eigenvalue weighted by atomic mass is 35.5. The third kappa shape index (κ3) is 5.98. The quantitative estimate of drug-likeness (QED) is 0.726. The molecule has 142 valence electrons. The van der Waals surface area contributed by atoms with Crippen LogP contribution >= 0.6 is 35.6 Å². The first-order valence-electron chi connectivity index (χ1n) is 7.74.